The average molecular weight is 310 g/mol. The molecule has 0 saturated carbocycles. The number of hydrogen-bond acceptors (Lipinski definition) is 3. The third kappa shape index (κ3) is 3.56. The van der Waals surface area contributed by atoms with Crippen molar-refractivity contribution >= 4 is 5.69 Å². The Bertz CT molecular complexity index is 765. The molecule has 0 bridgehead atoms. The van der Waals surface area contributed by atoms with Crippen LogP contribution in [0.15, 0.2) is 54.6 Å². The molecule has 4 nitrogen and oxygen atoms in total. The predicted molar refractivity (Wildman–Crippen MR) is 88.5 cm³/mol. The third-order valence-corrected chi connectivity index (χ3v) is 3.92. The molecule has 23 heavy (non-hydrogen) atoms. The van der Waals surface area contributed by atoms with E-state index in [1.165, 1.54) is 17.7 Å². The number of benzene rings is 2. The van der Waals surface area contributed by atoms with Crippen molar-refractivity contribution in [1.29, 1.82) is 0 Å². The van der Waals surface area contributed by atoms with Gasteiger partial charge in [-0.2, -0.15) is 0 Å². The van der Waals surface area contributed by atoms with Crippen LogP contribution >= 0.6 is 0 Å². The predicted octanol–water partition coefficient (Wildman–Crippen LogP) is 3.47. The van der Waals surface area contributed by atoms with Crippen molar-refractivity contribution in [3.63, 3.8) is 0 Å². The second-order valence-electron chi connectivity index (χ2n) is 5.54. The van der Waals surface area contributed by atoms with E-state index in [0.29, 0.717) is 6.54 Å². The zero-order chi connectivity index (χ0) is 16.2. The normalized spacial score (nSPS) is 10.7. The van der Waals surface area contributed by atoms with E-state index in [1.54, 1.807) is 12.1 Å². The maximum Gasteiger partial charge on any atom is 0.152 e. The van der Waals surface area contributed by atoms with Crippen molar-refractivity contribution in [2.75, 3.05) is 4.90 Å². The molecule has 118 valence electrons. The van der Waals surface area contributed by atoms with E-state index >= 15 is 0 Å². The molecule has 2 aromatic carbocycles. The molecule has 0 aliphatic rings. The van der Waals surface area contributed by atoms with Gasteiger partial charge in [0.2, 0.25) is 0 Å². The first-order valence-corrected chi connectivity index (χ1v) is 7.53. The van der Waals surface area contributed by atoms with Crippen molar-refractivity contribution < 1.29 is 4.39 Å². The number of hydrogen-bond donors (Lipinski definition) is 0. The van der Waals surface area contributed by atoms with Crippen LogP contribution < -0.4 is 4.90 Å². The minimum absolute atomic E-state index is 0.233. The van der Waals surface area contributed by atoms with Crippen molar-refractivity contribution in [2.45, 2.75) is 20.0 Å². The molecule has 0 saturated heterocycles. The van der Waals surface area contributed by atoms with Gasteiger partial charge in [0.15, 0.2) is 5.82 Å². The molecule has 0 unspecified atom stereocenters. The Morgan fingerprint density at radius 2 is 1.65 bits per heavy atom. The molecule has 5 heteroatoms. The molecule has 3 aromatic rings. The van der Waals surface area contributed by atoms with E-state index in [1.807, 2.05) is 36.7 Å². The summed E-state index contributed by atoms with van der Waals surface area (Å²) < 4.78 is 15.2. The van der Waals surface area contributed by atoms with Crippen LogP contribution in [0, 0.1) is 12.7 Å². The standard InChI is InChI=1S/C18H19FN4/c1-14-20-21-18(22(14)2)13-23(12-15-6-4-3-5-7-15)17-10-8-16(19)9-11-17/h3-11H,12-13H2,1-2H3. The molecule has 1 aromatic heterocycles. The topological polar surface area (TPSA) is 34.0 Å². The molecular weight excluding hydrogens is 291 g/mol. The minimum atomic E-state index is -0.233. The van der Waals surface area contributed by atoms with Gasteiger partial charge in [-0.15, -0.1) is 10.2 Å². The maximum atomic E-state index is 13.2. The number of aromatic nitrogens is 3. The molecule has 0 atom stereocenters. The van der Waals surface area contributed by atoms with Crippen LogP contribution in [0.3, 0.4) is 0 Å². The van der Waals surface area contributed by atoms with E-state index in [-0.39, 0.29) is 5.82 Å². The number of rotatable bonds is 5. The van der Waals surface area contributed by atoms with Gasteiger partial charge in [-0.05, 0) is 36.8 Å². The van der Waals surface area contributed by atoms with Gasteiger partial charge in [-0.1, -0.05) is 30.3 Å². The van der Waals surface area contributed by atoms with Crippen molar-refractivity contribution in [1.82, 2.24) is 14.8 Å². The number of aryl methyl sites for hydroxylation is 1. The minimum Gasteiger partial charge on any atom is -0.360 e. The summed E-state index contributed by atoms with van der Waals surface area (Å²) in [7, 11) is 1.95. The third-order valence-electron chi connectivity index (χ3n) is 3.92. The lowest BCUT2D eigenvalue weighted by molar-refractivity contribution is 0.627. The summed E-state index contributed by atoms with van der Waals surface area (Å²) in [5.74, 6) is 1.52. The quantitative estimate of drug-likeness (QED) is 0.723. The summed E-state index contributed by atoms with van der Waals surface area (Å²) in [5, 5.41) is 8.35. The van der Waals surface area contributed by atoms with Gasteiger partial charge in [-0.3, -0.25) is 0 Å². The molecular formula is C18H19FN4. The first-order chi connectivity index (χ1) is 11.1. The molecule has 0 N–H and O–H groups in total. The van der Waals surface area contributed by atoms with Crippen LogP contribution in [-0.2, 0) is 20.1 Å². The van der Waals surface area contributed by atoms with Gasteiger partial charge in [-0.25, -0.2) is 4.39 Å². The van der Waals surface area contributed by atoms with Gasteiger partial charge in [0.1, 0.15) is 11.6 Å². The van der Waals surface area contributed by atoms with Crippen molar-refractivity contribution in [2.24, 2.45) is 7.05 Å². The van der Waals surface area contributed by atoms with Crippen LogP contribution in [0.25, 0.3) is 0 Å². The molecule has 0 fully saturated rings. The lowest BCUT2D eigenvalue weighted by Crippen LogP contribution is -2.24. The molecule has 1 heterocycles. The zero-order valence-corrected chi connectivity index (χ0v) is 13.3. The highest BCUT2D eigenvalue weighted by molar-refractivity contribution is 5.47. The second kappa shape index (κ2) is 6.60. The van der Waals surface area contributed by atoms with E-state index in [0.717, 1.165) is 23.9 Å². The van der Waals surface area contributed by atoms with E-state index in [2.05, 4.69) is 27.2 Å². The fourth-order valence-corrected chi connectivity index (χ4v) is 2.45. The lowest BCUT2D eigenvalue weighted by atomic mass is 10.2. The summed E-state index contributed by atoms with van der Waals surface area (Å²) in [6, 6.07) is 16.7. The van der Waals surface area contributed by atoms with E-state index < -0.39 is 0 Å². The lowest BCUT2D eigenvalue weighted by Gasteiger charge is -2.24. The van der Waals surface area contributed by atoms with Crippen LogP contribution in [0.5, 0.6) is 0 Å². The Morgan fingerprint density at radius 3 is 2.26 bits per heavy atom. The molecule has 0 aliphatic carbocycles. The molecule has 0 spiro atoms. The summed E-state index contributed by atoms with van der Waals surface area (Å²) in [6.45, 7) is 3.26. The average Bonchev–Trinajstić information content (AvgIpc) is 2.88. The van der Waals surface area contributed by atoms with Gasteiger partial charge in [0, 0.05) is 19.3 Å². The highest BCUT2D eigenvalue weighted by Gasteiger charge is 2.13. The van der Waals surface area contributed by atoms with E-state index in [4.69, 9.17) is 0 Å². The number of anilines is 1. The number of halogens is 1. The van der Waals surface area contributed by atoms with E-state index in [9.17, 15) is 4.39 Å². The summed E-state index contributed by atoms with van der Waals surface area (Å²) in [5.41, 5.74) is 2.15. The zero-order valence-electron chi connectivity index (χ0n) is 13.3. The van der Waals surface area contributed by atoms with Crippen molar-refractivity contribution in [3.05, 3.63) is 77.6 Å². The smallest absolute Gasteiger partial charge is 0.152 e. The Labute approximate surface area is 135 Å². The Kier molecular flexibility index (Phi) is 4.37. The first-order valence-electron chi connectivity index (χ1n) is 7.53. The highest BCUT2D eigenvalue weighted by atomic mass is 19.1. The van der Waals surface area contributed by atoms with Crippen LogP contribution in [0.1, 0.15) is 17.2 Å². The monoisotopic (exact) mass is 310 g/mol. The Hall–Kier alpha value is -2.69. The fraction of sp³-hybridized carbons (Fsp3) is 0.222. The fourth-order valence-electron chi connectivity index (χ4n) is 2.45. The molecule has 0 radical (unpaired) electrons. The molecule has 0 aliphatic heterocycles. The largest absolute Gasteiger partial charge is 0.360 e. The molecule has 0 amide bonds. The van der Waals surface area contributed by atoms with Gasteiger partial charge >= 0.3 is 0 Å². The first kappa shape index (κ1) is 15.2. The second-order valence-corrected chi connectivity index (χ2v) is 5.54. The number of nitrogens with zero attached hydrogens (tertiary/aromatic N) is 4. The molecule has 3 rings (SSSR count). The summed E-state index contributed by atoms with van der Waals surface area (Å²) >= 11 is 0. The Balaban J connectivity index is 1.89. The van der Waals surface area contributed by atoms with Gasteiger partial charge in [0.25, 0.3) is 0 Å². The summed E-state index contributed by atoms with van der Waals surface area (Å²) in [4.78, 5) is 2.16. The van der Waals surface area contributed by atoms with Gasteiger partial charge < -0.3 is 9.47 Å². The van der Waals surface area contributed by atoms with Crippen LogP contribution in [-0.4, -0.2) is 14.8 Å². The SMILES string of the molecule is Cc1nnc(CN(Cc2ccccc2)c2ccc(F)cc2)n1C. The highest BCUT2D eigenvalue weighted by Crippen LogP contribution is 2.20. The maximum absolute atomic E-state index is 13.2. The van der Waals surface area contributed by atoms with Crippen LogP contribution in [0.2, 0.25) is 0 Å². The van der Waals surface area contributed by atoms with Crippen LogP contribution in [0.4, 0.5) is 10.1 Å². The van der Waals surface area contributed by atoms with Gasteiger partial charge in [0.05, 0.1) is 6.54 Å². The van der Waals surface area contributed by atoms with Crippen molar-refractivity contribution in [3.8, 4) is 0 Å². The Morgan fingerprint density at radius 1 is 0.957 bits per heavy atom. The summed E-state index contributed by atoms with van der Waals surface area (Å²) in [6.07, 6.45) is 0.